The second-order valence-corrected chi connectivity index (χ2v) is 8.72. The van der Waals surface area contributed by atoms with Gasteiger partial charge in [0, 0.05) is 13.1 Å². The summed E-state index contributed by atoms with van der Waals surface area (Å²) in [5.41, 5.74) is 5.23. The predicted molar refractivity (Wildman–Crippen MR) is 127 cm³/mol. The molecule has 0 saturated heterocycles. The number of benzene rings is 2. The Morgan fingerprint density at radius 3 is 2.55 bits per heavy atom. The minimum atomic E-state index is 0.131. The molecule has 5 nitrogen and oxygen atoms in total. The monoisotopic (exact) mass is 426 g/mol. The van der Waals surface area contributed by atoms with Gasteiger partial charge in [-0.3, -0.25) is 0 Å². The van der Waals surface area contributed by atoms with Gasteiger partial charge in [-0.1, -0.05) is 19.9 Å². The van der Waals surface area contributed by atoms with Crippen molar-refractivity contribution >= 4 is 0 Å². The van der Waals surface area contributed by atoms with E-state index >= 15 is 0 Å². The van der Waals surface area contributed by atoms with Crippen LogP contribution in [0.15, 0.2) is 30.3 Å². The summed E-state index contributed by atoms with van der Waals surface area (Å²) in [5, 5.41) is 3.74. The summed E-state index contributed by atoms with van der Waals surface area (Å²) in [7, 11) is 5.88. The van der Waals surface area contributed by atoms with E-state index in [-0.39, 0.29) is 6.04 Å². The molecule has 0 aromatic heterocycles. The van der Waals surface area contributed by atoms with Crippen LogP contribution >= 0.6 is 0 Å². The molecule has 2 aromatic rings. The quantitative estimate of drug-likeness (QED) is 0.554. The zero-order valence-corrected chi connectivity index (χ0v) is 20.0. The van der Waals surface area contributed by atoms with Crippen molar-refractivity contribution in [2.75, 3.05) is 47.5 Å². The van der Waals surface area contributed by atoms with Crippen LogP contribution in [-0.4, -0.2) is 52.4 Å². The van der Waals surface area contributed by atoms with Crippen LogP contribution in [0, 0.1) is 0 Å². The molecule has 1 heterocycles. The van der Waals surface area contributed by atoms with Crippen molar-refractivity contribution in [1.82, 2.24) is 10.2 Å². The van der Waals surface area contributed by atoms with Crippen LogP contribution in [0.1, 0.15) is 61.4 Å². The maximum Gasteiger partial charge on any atom is 0.161 e. The van der Waals surface area contributed by atoms with E-state index in [0.29, 0.717) is 19.1 Å². The van der Waals surface area contributed by atoms with Crippen LogP contribution in [0.25, 0.3) is 0 Å². The minimum absolute atomic E-state index is 0.131. The first-order valence-corrected chi connectivity index (χ1v) is 11.4. The van der Waals surface area contributed by atoms with Crippen molar-refractivity contribution in [3.8, 4) is 17.2 Å². The van der Waals surface area contributed by atoms with Gasteiger partial charge >= 0.3 is 0 Å². The smallest absolute Gasteiger partial charge is 0.161 e. The largest absolute Gasteiger partial charge is 0.494 e. The highest BCUT2D eigenvalue weighted by atomic mass is 16.5. The molecule has 170 valence electrons. The van der Waals surface area contributed by atoms with Gasteiger partial charge in [0.25, 0.3) is 0 Å². The van der Waals surface area contributed by atoms with Gasteiger partial charge in [-0.05, 0) is 86.3 Å². The zero-order valence-electron chi connectivity index (χ0n) is 20.0. The molecule has 0 aliphatic carbocycles. The molecule has 31 heavy (non-hydrogen) atoms. The van der Waals surface area contributed by atoms with Crippen LogP contribution in [0.2, 0.25) is 0 Å². The first kappa shape index (κ1) is 23.4. The molecule has 5 heteroatoms. The van der Waals surface area contributed by atoms with Crippen molar-refractivity contribution in [2.45, 2.75) is 45.6 Å². The van der Waals surface area contributed by atoms with Gasteiger partial charge in [-0.15, -0.1) is 0 Å². The van der Waals surface area contributed by atoms with Crippen molar-refractivity contribution in [3.05, 3.63) is 52.6 Å². The summed E-state index contributed by atoms with van der Waals surface area (Å²) in [6.45, 7) is 9.80. The maximum atomic E-state index is 6.16. The van der Waals surface area contributed by atoms with Crippen molar-refractivity contribution in [3.63, 3.8) is 0 Å². The highest BCUT2D eigenvalue weighted by Crippen LogP contribution is 2.40. The van der Waals surface area contributed by atoms with Gasteiger partial charge in [0.05, 0.1) is 26.4 Å². The van der Waals surface area contributed by atoms with Crippen LogP contribution < -0.4 is 19.5 Å². The summed E-state index contributed by atoms with van der Waals surface area (Å²) < 4.78 is 17.6. The Labute approximate surface area is 187 Å². The summed E-state index contributed by atoms with van der Waals surface area (Å²) in [6.07, 6.45) is 1.96. The van der Waals surface area contributed by atoms with Crippen LogP contribution in [-0.2, 0) is 6.42 Å². The summed E-state index contributed by atoms with van der Waals surface area (Å²) in [4.78, 5) is 2.17. The van der Waals surface area contributed by atoms with E-state index in [1.807, 2.05) is 6.92 Å². The van der Waals surface area contributed by atoms with E-state index in [0.717, 1.165) is 43.2 Å². The van der Waals surface area contributed by atoms with Gasteiger partial charge in [-0.25, -0.2) is 0 Å². The molecular weight excluding hydrogens is 388 g/mol. The third kappa shape index (κ3) is 5.72. The third-order valence-electron chi connectivity index (χ3n) is 5.79. The maximum absolute atomic E-state index is 6.16. The topological polar surface area (TPSA) is 43.0 Å². The van der Waals surface area contributed by atoms with E-state index in [9.17, 15) is 0 Å². The first-order valence-electron chi connectivity index (χ1n) is 11.4. The predicted octanol–water partition coefficient (Wildman–Crippen LogP) is 4.78. The van der Waals surface area contributed by atoms with Crippen LogP contribution in [0.5, 0.6) is 17.2 Å². The molecule has 3 rings (SSSR count). The van der Waals surface area contributed by atoms with E-state index in [1.165, 1.54) is 22.3 Å². The second kappa shape index (κ2) is 10.9. The Morgan fingerprint density at radius 2 is 1.87 bits per heavy atom. The van der Waals surface area contributed by atoms with E-state index in [4.69, 9.17) is 14.2 Å². The number of nitrogens with zero attached hydrogens (tertiary/aromatic N) is 1. The molecule has 1 atom stereocenters. The lowest BCUT2D eigenvalue weighted by Gasteiger charge is -2.31. The fourth-order valence-corrected chi connectivity index (χ4v) is 4.25. The Bertz CT molecular complexity index is 864. The Hall–Kier alpha value is -2.24. The lowest BCUT2D eigenvalue weighted by Crippen LogP contribution is -2.31. The number of fused-ring (bicyclic) bond motifs is 1. The van der Waals surface area contributed by atoms with Crippen molar-refractivity contribution in [2.24, 2.45) is 0 Å². The molecule has 0 fully saturated rings. The molecular formula is C26H38N2O3. The number of methoxy groups -OCH3 is 1. The fourth-order valence-electron chi connectivity index (χ4n) is 4.25. The molecule has 0 bridgehead atoms. The van der Waals surface area contributed by atoms with E-state index < -0.39 is 0 Å². The van der Waals surface area contributed by atoms with Crippen molar-refractivity contribution < 1.29 is 14.2 Å². The highest BCUT2D eigenvalue weighted by Gasteiger charge is 2.26. The normalized spacial score (nSPS) is 15.8. The molecule has 1 aliphatic rings. The SMILES string of the molecule is CCOc1ccc(C2NCCc3cc(OC)c(OCCCN(C)C)cc32)c(C(C)C)c1. The van der Waals surface area contributed by atoms with Gasteiger partial charge in [0.2, 0.25) is 0 Å². The highest BCUT2D eigenvalue weighted by molar-refractivity contribution is 5.53. The average molecular weight is 427 g/mol. The summed E-state index contributed by atoms with van der Waals surface area (Å²) in [5.74, 6) is 2.99. The summed E-state index contributed by atoms with van der Waals surface area (Å²) >= 11 is 0. The molecule has 2 aromatic carbocycles. The molecule has 1 aliphatic heterocycles. The van der Waals surface area contributed by atoms with Gasteiger partial charge < -0.3 is 24.4 Å². The molecule has 1 N–H and O–H groups in total. The Balaban J connectivity index is 1.95. The van der Waals surface area contributed by atoms with Gasteiger partial charge in [-0.2, -0.15) is 0 Å². The number of rotatable bonds is 10. The fraction of sp³-hybridized carbons (Fsp3) is 0.538. The lowest BCUT2D eigenvalue weighted by molar-refractivity contribution is 0.267. The first-order chi connectivity index (χ1) is 14.9. The number of hydrogen-bond acceptors (Lipinski definition) is 5. The standard InChI is InChI=1S/C26H38N2O3/c1-7-30-20-9-10-21(22(16-20)18(2)3)26-23-17-25(31-14-8-13-28(4)5)24(29-6)15-19(23)11-12-27-26/h9-10,15-18,26-27H,7-8,11-14H2,1-6H3. The Morgan fingerprint density at radius 1 is 1.06 bits per heavy atom. The Kier molecular flexibility index (Phi) is 8.22. The van der Waals surface area contributed by atoms with E-state index in [2.05, 4.69) is 68.5 Å². The third-order valence-corrected chi connectivity index (χ3v) is 5.79. The number of hydrogen-bond donors (Lipinski definition) is 1. The molecule has 0 spiro atoms. The molecule has 0 amide bonds. The minimum Gasteiger partial charge on any atom is -0.494 e. The lowest BCUT2D eigenvalue weighted by atomic mass is 9.84. The molecule has 0 saturated carbocycles. The van der Waals surface area contributed by atoms with Crippen LogP contribution in [0.4, 0.5) is 0 Å². The zero-order chi connectivity index (χ0) is 22.4. The molecule has 0 radical (unpaired) electrons. The molecule has 1 unspecified atom stereocenters. The van der Waals surface area contributed by atoms with Gasteiger partial charge in [0.15, 0.2) is 11.5 Å². The second-order valence-electron chi connectivity index (χ2n) is 8.72. The van der Waals surface area contributed by atoms with E-state index in [1.54, 1.807) is 7.11 Å². The number of nitrogens with one attached hydrogen (secondary N) is 1. The van der Waals surface area contributed by atoms with Gasteiger partial charge in [0.1, 0.15) is 5.75 Å². The summed E-state index contributed by atoms with van der Waals surface area (Å²) in [6, 6.07) is 11.0. The van der Waals surface area contributed by atoms with Crippen molar-refractivity contribution in [1.29, 1.82) is 0 Å². The number of ether oxygens (including phenoxy) is 3. The van der Waals surface area contributed by atoms with Crippen LogP contribution in [0.3, 0.4) is 0 Å². The average Bonchev–Trinajstić information content (AvgIpc) is 2.75.